The molecule has 0 fully saturated rings. The van der Waals surface area contributed by atoms with Crippen molar-refractivity contribution in [1.82, 2.24) is 24.7 Å². The van der Waals surface area contributed by atoms with Gasteiger partial charge in [0.25, 0.3) is 0 Å². The number of aromatic nitrogens is 4. The lowest BCUT2D eigenvalue weighted by Gasteiger charge is -2.11. The summed E-state index contributed by atoms with van der Waals surface area (Å²) in [4.78, 5) is 0.206. The number of benzene rings is 1. The number of sulfonamides is 1. The van der Waals surface area contributed by atoms with Gasteiger partial charge in [0.2, 0.25) is 10.0 Å². The number of aryl methyl sites for hydroxylation is 3. The monoisotopic (exact) mass is 430 g/mol. The Kier molecular flexibility index (Phi) is 6.68. The minimum atomic E-state index is -3.61. The first-order valence-electron chi connectivity index (χ1n) is 9.64. The molecule has 3 rings (SSSR count). The Bertz CT molecular complexity index is 1110. The quantitative estimate of drug-likeness (QED) is 0.501. The summed E-state index contributed by atoms with van der Waals surface area (Å²) < 4.78 is 34.7. The molecule has 0 amide bonds. The molecule has 30 heavy (non-hydrogen) atoms. The van der Waals surface area contributed by atoms with Gasteiger partial charge in [0.05, 0.1) is 17.2 Å². The van der Waals surface area contributed by atoms with E-state index in [1.807, 2.05) is 39.8 Å². The second kappa shape index (κ2) is 9.23. The molecule has 2 N–H and O–H groups in total. The van der Waals surface area contributed by atoms with Gasteiger partial charge in [-0.15, -0.1) is 10.2 Å². The van der Waals surface area contributed by atoms with E-state index in [0.29, 0.717) is 30.5 Å². The largest absolute Gasteiger partial charge is 0.494 e. The molecular weight excluding hydrogens is 404 g/mol. The molecule has 0 aliphatic heterocycles. The first-order valence-corrected chi connectivity index (χ1v) is 11.1. The Morgan fingerprint density at radius 3 is 2.43 bits per heavy atom. The van der Waals surface area contributed by atoms with Crippen LogP contribution in [-0.4, -0.2) is 48.1 Å². The van der Waals surface area contributed by atoms with Gasteiger partial charge in [-0.2, -0.15) is 5.10 Å². The predicted octanol–water partition coefficient (Wildman–Crippen LogP) is 2.38. The van der Waals surface area contributed by atoms with Crippen LogP contribution in [0.5, 0.6) is 5.75 Å². The molecule has 0 radical (unpaired) electrons. The minimum Gasteiger partial charge on any atom is -0.494 e. The third-order valence-electron chi connectivity index (χ3n) is 4.36. The van der Waals surface area contributed by atoms with Crippen LogP contribution in [0.4, 0.5) is 5.82 Å². The maximum Gasteiger partial charge on any atom is 0.240 e. The first kappa shape index (κ1) is 21.7. The second-order valence-electron chi connectivity index (χ2n) is 6.80. The van der Waals surface area contributed by atoms with Crippen molar-refractivity contribution in [3.63, 3.8) is 0 Å². The van der Waals surface area contributed by atoms with Gasteiger partial charge in [-0.3, -0.25) is 0 Å². The topological polar surface area (TPSA) is 111 Å². The zero-order valence-corrected chi connectivity index (χ0v) is 18.3. The van der Waals surface area contributed by atoms with E-state index in [1.165, 1.54) is 6.07 Å². The lowest BCUT2D eigenvalue weighted by Crippen LogP contribution is -2.29. The molecule has 2 heterocycles. The van der Waals surface area contributed by atoms with Gasteiger partial charge in [-0.05, 0) is 69.7 Å². The first-order chi connectivity index (χ1) is 14.3. The van der Waals surface area contributed by atoms with Crippen molar-refractivity contribution < 1.29 is 13.2 Å². The van der Waals surface area contributed by atoms with Gasteiger partial charge in [0, 0.05) is 18.8 Å². The molecule has 0 atom stereocenters. The van der Waals surface area contributed by atoms with Crippen molar-refractivity contribution >= 4 is 15.8 Å². The highest BCUT2D eigenvalue weighted by Crippen LogP contribution is 2.21. The predicted molar refractivity (Wildman–Crippen MR) is 115 cm³/mol. The van der Waals surface area contributed by atoms with Gasteiger partial charge >= 0.3 is 0 Å². The Hall–Kier alpha value is -2.98. The van der Waals surface area contributed by atoms with Crippen LogP contribution in [0.25, 0.3) is 5.82 Å². The van der Waals surface area contributed by atoms with Crippen molar-refractivity contribution in [2.75, 3.05) is 25.0 Å². The highest BCUT2D eigenvalue weighted by Gasteiger charge is 2.15. The lowest BCUT2D eigenvalue weighted by molar-refractivity contribution is 0.337. The Morgan fingerprint density at radius 1 is 1.03 bits per heavy atom. The Balaban J connectivity index is 1.54. The smallest absolute Gasteiger partial charge is 0.240 e. The Morgan fingerprint density at radius 2 is 1.83 bits per heavy atom. The number of rotatable bonds is 9. The summed E-state index contributed by atoms with van der Waals surface area (Å²) in [6.07, 6.45) is 0. The molecule has 3 aromatic rings. The second-order valence-corrected chi connectivity index (χ2v) is 8.57. The average molecular weight is 431 g/mol. The van der Waals surface area contributed by atoms with Crippen LogP contribution >= 0.6 is 0 Å². The molecule has 0 aliphatic rings. The maximum absolute atomic E-state index is 12.5. The van der Waals surface area contributed by atoms with E-state index in [0.717, 1.165) is 17.0 Å². The highest BCUT2D eigenvalue weighted by atomic mass is 32.2. The van der Waals surface area contributed by atoms with Gasteiger partial charge in [0.1, 0.15) is 11.6 Å². The van der Waals surface area contributed by atoms with Crippen LogP contribution < -0.4 is 14.8 Å². The van der Waals surface area contributed by atoms with E-state index < -0.39 is 10.0 Å². The van der Waals surface area contributed by atoms with E-state index in [4.69, 9.17) is 4.74 Å². The maximum atomic E-state index is 12.5. The minimum absolute atomic E-state index is 0.204. The molecule has 10 heteroatoms. The number of ether oxygens (including phenoxy) is 1. The van der Waals surface area contributed by atoms with Crippen LogP contribution in [0.1, 0.15) is 23.9 Å². The molecule has 1 aromatic carbocycles. The summed E-state index contributed by atoms with van der Waals surface area (Å²) in [5.41, 5.74) is 2.66. The van der Waals surface area contributed by atoms with Crippen LogP contribution in [0.2, 0.25) is 0 Å². The number of anilines is 1. The third-order valence-corrected chi connectivity index (χ3v) is 5.82. The molecule has 0 unspecified atom stereocenters. The van der Waals surface area contributed by atoms with Gasteiger partial charge in [-0.1, -0.05) is 0 Å². The van der Waals surface area contributed by atoms with E-state index in [1.54, 1.807) is 22.9 Å². The molecule has 160 valence electrons. The molecular formula is C20H26N6O3S. The molecule has 9 nitrogen and oxygen atoms in total. The Labute approximate surface area is 176 Å². The lowest BCUT2D eigenvalue weighted by atomic mass is 10.2. The van der Waals surface area contributed by atoms with Crippen LogP contribution in [0.3, 0.4) is 0 Å². The summed E-state index contributed by atoms with van der Waals surface area (Å²) in [7, 11) is -3.61. The normalized spacial score (nSPS) is 11.5. The molecule has 0 saturated carbocycles. The average Bonchev–Trinajstić information content (AvgIpc) is 3.05. The van der Waals surface area contributed by atoms with Crippen LogP contribution in [0, 0.1) is 20.8 Å². The summed E-state index contributed by atoms with van der Waals surface area (Å²) in [6.45, 7) is 8.67. The fourth-order valence-electron chi connectivity index (χ4n) is 2.96. The van der Waals surface area contributed by atoms with E-state index >= 15 is 0 Å². The molecule has 0 bridgehead atoms. The SMILES string of the molecule is CCOc1ccc(S(=O)(=O)NCCNc2ccc(-n3nc(C)cc3C)nn2)cc1C. The third kappa shape index (κ3) is 5.14. The van der Waals surface area contributed by atoms with Gasteiger partial charge < -0.3 is 10.1 Å². The number of hydrogen-bond acceptors (Lipinski definition) is 7. The van der Waals surface area contributed by atoms with Crippen molar-refractivity contribution in [2.45, 2.75) is 32.6 Å². The fraction of sp³-hybridized carbons (Fsp3) is 0.350. The fourth-order valence-corrected chi connectivity index (χ4v) is 4.08. The molecule has 0 saturated heterocycles. The molecule has 0 aliphatic carbocycles. The molecule has 0 spiro atoms. The summed E-state index contributed by atoms with van der Waals surface area (Å²) in [6, 6.07) is 10.4. The highest BCUT2D eigenvalue weighted by molar-refractivity contribution is 7.89. The van der Waals surface area contributed by atoms with E-state index in [9.17, 15) is 8.42 Å². The van der Waals surface area contributed by atoms with Gasteiger partial charge in [-0.25, -0.2) is 17.8 Å². The van der Waals surface area contributed by atoms with E-state index in [2.05, 4.69) is 25.3 Å². The zero-order chi connectivity index (χ0) is 21.7. The van der Waals surface area contributed by atoms with Crippen molar-refractivity contribution in [2.24, 2.45) is 0 Å². The van der Waals surface area contributed by atoms with E-state index in [-0.39, 0.29) is 11.4 Å². The van der Waals surface area contributed by atoms with Crippen molar-refractivity contribution in [3.05, 3.63) is 53.3 Å². The number of nitrogens with zero attached hydrogens (tertiary/aromatic N) is 4. The zero-order valence-electron chi connectivity index (χ0n) is 17.5. The van der Waals surface area contributed by atoms with Crippen molar-refractivity contribution in [1.29, 1.82) is 0 Å². The summed E-state index contributed by atoms with van der Waals surface area (Å²) in [5.74, 6) is 1.86. The standard InChI is InChI=1S/C20H26N6O3S/c1-5-29-18-7-6-17(12-14(18)2)30(27,28)22-11-10-21-19-8-9-20(24-23-19)26-16(4)13-15(3)25-26/h6-9,12-13,22H,5,10-11H2,1-4H3,(H,21,23). The van der Waals surface area contributed by atoms with Crippen LogP contribution in [-0.2, 0) is 10.0 Å². The summed E-state index contributed by atoms with van der Waals surface area (Å²) >= 11 is 0. The number of nitrogens with one attached hydrogen (secondary N) is 2. The number of hydrogen-bond donors (Lipinski definition) is 2. The van der Waals surface area contributed by atoms with Crippen molar-refractivity contribution in [3.8, 4) is 11.6 Å². The van der Waals surface area contributed by atoms with Crippen LogP contribution in [0.15, 0.2) is 41.3 Å². The molecule has 2 aromatic heterocycles. The van der Waals surface area contributed by atoms with Gasteiger partial charge in [0.15, 0.2) is 5.82 Å². The summed E-state index contributed by atoms with van der Waals surface area (Å²) in [5, 5.41) is 15.7.